The van der Waals surface area contributed by atoms with Crippen LogP contribution in [0, 0.1) is 0 Å². The fraction of sp³-hybridized carbons (Fsp3) is 0.250. The summed E-state index contributed by atoms with van der Waals surface area (Å²) in [6, 6.07) is 9.66. The lowest BCUT2D eigenvalue weighted by molar-refractivity contribution is -0.117. The molecule has 1 aromatic heterocycles. The van der Waals surface area contributed by atoms with Crippen LogP contribution in [0.3, 0.4) is 0 Å². The monoisotopic (exact) mass is 331 g/mol. The van der Waals surface area contributed by atoms with Gasteiger partial charge in [0.15, 0.2) is 0 Å². The Morgan fingerprint density at radius 2 is 2.20 bits per heavy atom. The fourth-order valence-electron chi connectivity index (χ4n) is 2.46. The third-order valence-corrected chi connectivity index (χ3v) is 3.78. The standard InChI is InChI=1S/C16H14BrNO2/c17-13-7-11-4-6-20-16(11)12(8-13)9-15(19)10-14-3-1-2-5-18-14/h1-3,5,7-8H,4,6,9-10H2. The number of benzene rings is 1. The van der Waals surface area contributed by atoms with Crippen LogP contribution in [-0.2, 0) is 24.1 Å². The highest BCUT2D eigenvalue weighted by Crippen LogP contribution is 2.33. The van der Waals surface area contributed by atoms with Gasteiger partial charge in [0.05, 0.1) is 6.61 Å². The smallest absolute Gasteiger partial charge is 0.143 e. The Morgan fingerprint density at radius 1 is 1.30 bits per heavy atom. The van der Waals surface area contributed by atoms with Crippen molar-refractivity contribution in [1.29, 1.82) is 0 Å². The van der Waals surface area contributed by atoms with Crippen LogP contribution >= 0.6 is 15.9 Å². The van der Waals surface area contributed by atoms with E-state index in [-0.39, 0.29) is 5.78 Å². The van der Waals surface area contributed by atoms with Gasteiger partial charge >= 0.3 is 0 Å². The van der Waals surface area contributed by atoms with E-state index in [1.54, 1.807) is 6.20 Å². The third kappa shape index (κ3) is 2.90. The first-order chi connectivity index (χ1) is 9.72. The third-order valence-electron chi connectivity index (χ3n) is 3.32. The number of pyridine rings is 1. The van der Waals surface area contributed by atoms with Crippen molar-refractivity contribution in [3.05, 3.63) is 57.8 Å². The molecule has 3 rings (SSSR count). The summed E-state index contributed by atoms with van der Waals surface area (Å²) in [5.74, 6) is 1.04. The number of nitrogens with zero attached hydrogens (tertiary/aromatic N) is 1. The number of hydrogen-bond acceptors (Lipinski definition) is 3. The van der Waals surface area contributed by atoms with E-state index >= 15 is 0 Å². The molecule has 4 heteroatoms. The zero-order chi connectivity index (χ0) is 13.9. The van der Waals surface area contributed by atoms with Gasteiger partial charge in [0.2, 0.25) is 0 Å². The van der Waals surface area contributed by atoms with Crippen LogP contribution in [0.15, 0.2) is 41.0 Å². The zero-order valence-electron chi connectivity index (χ0n) is 10.9. The first-order valence-electron chi connectivity index (χ1n) is 6.58. The van der Waals surface area contributed by atoms with Crippen molar-refractivity contribution in [3.8, 4) is 5.75 Å². The average molecular weight is 332 g/mol. The van der Waals surface area contributed by atoms with E-state index in [0.29, 0.717) is 19.4 Å². The van der Waals surface area contributed by atoms with E-state index in [4.69, 9.17) is 4.74 Å². The maximum Gasteiger partial charge on any atom is 0.143 e. The number of carbonyl (C=O) groups excluding carboxylic acids is 1. The molecule has 0 fully saturated rings. The first kappa shape index (κ1) is 13.3. The fourth-order valence-corrected chi connectivity index (χ4v) is 3.01. The largest absolute Gasteiger partial charge is 0.493 e. The van der Waals surface area contributed by atoms with E-state index in [9.17, 15) is 4.79 Å². The molecule has 0 saturated heterocycles. The highest BCUT2D eigenvalue weighted by atomic mass is 79.9. The predicted molar refractivity (Wildman–Crippen MR) is 80.0 cm³/mol. The maximum absolute atomic E-state index is 12.2. The number of carbonyl (C=O) groups is 1. The number of fused-ring (bicyclic) bond motifs is 1. The molecule has 0 aliphatic carbocycles. The second kappa shape index (κ2) is 5.75. The van der Waals surface area contributed by atoms with Crippen LogP contribution in [-0.4, -0.2) is 17.4 Å². The van der Waals surface area contributed by atoms with Gasteiger partial charge in [-0.3, -0.25) is 9.78 Å². The lowest BCUT2D eigenvalue weighted by Crippen LogP contribution is -2.08. The van der Waals surface area contributed by atoms with Gasteiger partial charge in [-0.25, -0.2) is 0 Å². The quantitative estimate of drug-likeness (QED) is 0.864. The number of ketones is 1. The highest BCUT2D eigenvalue weighted by Gasteiger charge is 2.19. The highest BCUT2D eigenvalue weighted by molar-refractivity contribution is 9.10. The molecule has 0 atom stereocenters. The van der Waals surface area contributed by atoms with Crippen LogP contribution in [0.5, 0.6) is 5.75 Å². The summed E-state index contributed by atoms with van der Waals surface area (Å²) in [6.45, 7) is 0.702. The minimum absolute atomic E-state index is 0.152. The summed E-state index contributed by atoms with van der Waals surface area (Å²) in [5.41, 5.74) is 2.96. The molecule has 0 unspecified atom stereocenters. The lowest BCUT2D eigenvalue weighted by atomic mass is 10.0. The first-order valence-corrected chi connectivity index (χ1v) is 7.37. The summed E-state index contributed by atoms with van der Waals surface area (Å²) in [6.07, 6.45) is 3.37. The van der Waals surface area contributed by atoms with E-state index in [2.05, 4.69) is 27.0 Å². The molecule has 0 amide bonds. The predicted octanol–water partition coefficient (Wildman–Crippen LogP) is 3.13. The van der Waals surface area contributed by atoms with Crippen molar-refractivity contribution >= 4 is 21.7 Å². The van der Waals surface area contributed by atoms with Crippen LogP contribution in [0.1, 0.15) is 16.8 Å². The second-order valence-corrected chi connectivity index (χ2v) is 5.78. The van der Waals surface area contributed by atoms with Crippen molar-refractivity contribution in [2.45, 2.75) is 19.3 Å². The SMILES string of the molecule is O=C(Cc1ccccn1)Cc1cc(Br)cc2c1OCC2. The molecule has 3 nitrogen and oxygen atoms in total. The van der Waals surface area contributed by atoms with Gasteiger partial charge in [-0.05, 0) is 29.8 Å². The van der Waals surface area contributed by atoms with Crippen LogP contribution in [0.4, 0.5) is 0 Å². The number of aromatic nitrogens is 1. The number of rotatable bonds is 4. The molecule has 1 aliphatic rings. The van der Waals surface area contributed by atoms with Crippen molar-refractivity contribution in [3.63, 3.8) is 0 Å². The number of Topliss-reactive ketones (excluding diaryl/α,β-unsaturated/α-hetero) is 1. The van der Waals surface area contributed by atoms with E-state index in [1.165, 1.54) is 5.56 Å². The Hall–Kier alpha value is -1.68. The molecule has 102 valence electrons. The van der Waals surface area contributed by atoms with Crippen molar-refractivity contribution in [2.24, 2.45) is 0 Å². The molecule has 2 aromatic rings. The number of halogens is 1. The molecular formula is C16H14BrNO2. The van der Waals surface area contributed by atoms with Gasteiger partial charge in [-0.1, -0.05) is 22.0 Å². The molecule has 0 N–H and O–H groups in total. The van der Waals surface area contributed by atoms with Gasteiger partial charge < -0.3 is 4.74 Å². The summed E-state index contributed by atoms with van der Waals surface area (Å²) in [5, 5.41) is 0. The van der Waals surface area contributed by atoms with Crippen LogP contribution in [0.2, 0.25) is 0 Å². The summed E-state index contributed by atoms with van der Waals surface area (Å²) in [4.78, 5) is 16.4. The Kier molecular flexibility index (Phi) is 3.83. The summed E-state index contributed by atoms with van der Waals surface area (Å²) in [7, 11) is 0. The molecule has 0 bridgehead atoms. The van der Waals surface area contributed by atoms with Gasteiger partial charge in [-0.15, -0.1) is 0 Å². The summed E-state index contributed by atoms with van der Waals surface area (Å²) < 4.78 is 6.65. The van der Waals surface area contributed by atoms with Crippen molar-refractivity contribution in [1.82, 2.24) is 4.98 Å². The molecule has 20 heavy (non-hydrogen) atoms. The normalized spacial score (nSPS) is 12.8. The van der Waals surface area contributed by atoms with Crippen molar-refractivity contribution < 1.29 is 9.53 Å². The van der Waals surface area contributed by atoms with Crippen molar-refractivity contribution in [2.75, 3.05) is 6.61 Å². The number of hydrogen-bond donors (Lipinski definition) is 0. The Balaban J connectivity index is 1.77. The average Bonchev–Trinajstić information content (AvgIpc) is 2.88. The molecular weight excluding hydrogens is 318 g/mol. The summed E-state index contributed by atoms with van der Waals surface area (Å²) >= 11 is 3.49. The molecule has 0 spiro atoms. The Labute approximate surface area is 126 Å². The van der Waals surface area contributed by atoms with Gasteiger partial charge in [0.25, 0.3) is 0 Å². The van der Waals surface area contributed by atoms with Crippen LogP contribution < -0.4 is 4.74 Å². The van der Waals surface area contributed by atoms with Gasteiger partial charge in [-0.2, -0.15) is 0 Å². The lowest BCUT2D eigenvalue weighted by Gasteiger charge is -2.08. The number of ether oxygens (including phenoxy) is 1. The minimum Gasteiger partial charge on any atom is -0.493 e. The zero-order valence-corrected chi connectivity index (χ0v) is 12.5. The topological polar surface area (TPSA) is 39.2 Å². The minimum atomic E-state index is 0.152. The van der Waals surface area contributed by atoms with E-state index in [1.807, 2.05) is 24.3 Å². The van der Waals surface area contributed by atoms with Gasteiger partial charge in [0.1, 0.15) is 11.5 Å². The maximum atomic E-state index is 12.2. The second-order valence-electron chi connectivity index (χ2n) is 4.86. The van der Waals surface area contributed by atoms with Crippen LogP contribution in [0.25, 0.3) is 0 Å². The Bertz CT molecular complexity index is 640. The Morgan fingerprint density at radius 3 is 3.00 bits per heavy atom. The molecule has 0 saturated carbocycles. The van der Waals surface area contributed by atoms with E-state index in [0.717, 1.165) is 27.9 Å². The molecule has 0 radical (unpaired) electrons. The van der Waals surface area contributed by atoms with Gasteiger partial charge in [0, 0.05) is 41.2 Å². The molecule has 1 aromatic carbocycles. The van der Waals surface area contributed by atoms with E-state index < -0.39 is 0 Å². The molecule has 1 aliphatic heterocycles. The molecule has 2 heterocycles.